The predicted molar refractivity (Wildman–Crippen MR) is 142 cm³/mol. The molecule has 1 aliphatic heterocycles. The van der Waals surface area contributed by atoms with E-state index in [2.05, 4.69) is 11.4 Å². The van der Waals surface area contributed by atoms with Crippen molar-refractivity contribution < 1.29 is 28.2 Å². The molecule has 1 N–H and O–H groups in total. The van der Waals surface area contributed by atoms with Gasteiger partial charge in [-0.25, -0.2) is 9.18 Å². The van der Waals surface area contributed by atoms with Gasteiger partial charge in [-0.2, -0.15) is 5.26 Å². The molecule has 2 fully saturated rings. The first-order valence-electron chi connectivity index (χ1n) is 13.1. The maximum atomic E-state index is 15.1. The summed E-state index contributed by atoms with van der Waals surface area (Å²) >= 11 is 0. The van der Waals surface area contributed by atoms with E-state index in [-0.39, 0.29) is 30.6 Å². The van der Waals surface area contributed by atoms with E-state index in [9.17, 15) is 19.6 Å². The number of piperidine rings is 1. The van der Waals surface area contributed by atoms with Crippen LogP contribution >= 0.6 is 0 Å². The number of nitriles is 1. The number of rotatable bonds is 8. The third-order valence-corrected chi connectivity index (χ3v) is 7.31. The number of hydrogen-bond donors (Lipinski definition) is 1. The maximum absolute atomic E-state index is 15.1. The number of aldehydes is 1. The number of carbonyl (C=O) groups excluding carboxylic acids is 3. The van der Waals surface area contributed by atoms with Crippen LogP contribution in [0, 0.1) is 23.1 Å². The third-order valence-electron chi connectivity index (χ3n) is 7.31. The Bertz CT molecular complexity index is 1300. The molecule has 0 aromatic heterocycles. The van der Waals surface area contributed by atoms with Crippen molar-refractivity contribution >= 4 is 18.3 Å². The van der Waals surface area contributed by atoms with Gasteiger partial charge in [0.25, 0.3) is 0 Å². The van der Waals surface area contributed by atoms with Crippen molar-refractivity contribution in [2.45, 2.75) is 76.8 Å². The molecule has 1 saturated heterocycles. The number of hydrogen-bond acceptors (Lipinski definition) is 6. The van der Waals surface area contributed by atoms with Crippen LogP contribution in [0.2, 0.25) is 0 Å². The number of likely N-dealkylation sites (tertiary alicyclic amines) is 1. The zero-order chi connectivity index (χ0) is 28.3. The Morgan fingerprint density at radius 1 is 1.18 bits per heavy atom. The normalized spacial score (nSPS) is 20.8. The highest BCUT2D eigenvalue weighted by Gasteiger charge is 2.52. The molecule has 2 aromatic carbocycles. The molecule has 2 aliphatic rings. The van der Waals surface area contributed by atoms with E-state index in [1.165, 1.54) is 18.1 Å². The Morgan fingerprint density at radius 2 is 1.90 bits per heavy atom. The van der Waals surface area contributed by atoms with Crippen LogP contribution in [0.1, 0.15) is 61.5 Å². The Kier molecular flexibility index (Phi) is 8.36. The molecule has 9 heteroatoms. The van der Waals surface area contributed by atoms with Crippen LogP contribution in [0.15, 0.2) is 36.4 Å². The van der Waals surface area contributed by atoms with Crippen LogP contribution in [0.4, 0.5) is 9.18 Å². The molecule has 1 aliphatic carbocycles. The standard InChI is InChI=1S/C30H34FN3O5/c1-30(2,3)39-29(37)34-25-10-9-21(13-25)27(34)28(36)33-24(15-32)12-20-7-5-19(14-26(20)31)18-6-8-22(16-35)23(11-18)17-38-4/h5-8,11,14,16,21,24-25,27H,9-10,12-13,17H2,1-4H3,(H,33,36)/t21?,24?,25?,27-/m0/s1. The van der Waals surface area contributed by atoms with E-state index in [0.29, 0.717) is 16.7 Å². The number of carbonyl (C=O) groups is 3. The van der Waals surface area contributed by atoms with Crippen LogP contribution in [-0.4, -0.2) is 54.0 Å². The van der Waals surface area contributed by atoms with Gasteiger partial charge in [-0.15, -0.1) is 0 Å². The lowest BCUT2D eigenvalue weighted by Gasteiger charge is -2.35. The molecule has 0 spiro atoms. The van der Waals surface area contributed by atoms with Crippen molar-refractivity contribution in [1.82, 2.24) is 10.2 Å². The molecule has 2 aromatic rings. The fourth-order valence-corrected chi connectivity index (χ4v) is 5.58. The smallest absolute Gasteiger partial charge is 0.411 e. The van der Waals surface area contributed by atoms with Crippen LogP contribution in [0.3, 0.4) is 0 Å². The number of halogens is 1. The fraction of sp³-hybridized carbons (Fsp3) is 0.467. The molecule has 0 radical (unpaired) electrons. The zero-order valence-corrected chi connectivity index (χ0v) is 22.7. The Hall–Kier alpha value is -3.77. The minimum absolute atomic E-state index is 0.00600. The van der Waals surface area contributed by atoms with Crippen molar-refractivity contribution in [2.24, 2.45) is 5.92 Å². The minimum Gasteiger partial charge on any atom is -0.444 e. The Balaban J connectivity index is 1.47. The van der Waals surface area contributed by atoms with Crippen LogP contribution in [-0.2, 0) is 27.3 Å². The fourth-order valence-electron chi connectivity index (χ4n) is 5.58. The summed E-state index contributed by atoms with van der Waals surface area (Å²) in [5.74, 6) is -0.922. The van der Waals surface area contributed by atoms with E-state index in [1.807, 2.05) is 0 Å². The number of fused-ring (bicyclic) bond motifs is 2. The number of nitrogens with zero attached hydrogens (tertiary/aromatic N) is 2. The highest BCUT2D eigenvalue weighted by atomic mass is 19.1. The summed E-state index contributed by atoms with van der Waals surface area (Å²) in [7, 11) is 1.53. The van der Waals surface area contributed by atoms with Crippen molar-refractivity contribution in [3.63, 3.8) is 0 Å². The largest absolute Gasteiger partial charge is 0.444 e. The van der Waals surface area contributed by atoms with Crippen molar-refractivity contribution in [2.75, 3.05) is 7.11 Å². The van der Waals surface area contributed by atoms with E-state index in [4.69, 9.17) is 9.47 Å². The van der Waals surface area contributed by atoms with Crippen LogP contribution in [0.25, 0.3) is 11.1 Å². The lowest BCUT2D eigenvalue weighted by molar-refractivity contribution is -0.128. The second kappa shape index (κ2) is 11.5. The molecule has 4 rings (SSSR count). The average Bonchev–Trinajstić information content (AvgIpc) is 3.50. The third kappa shape index (κ3) is 6.28. The number of benzene rings is 2. The van der Waals surface area contributed by atoms with Gasteiger partial charge in [0.2, 0.25) is 5.91 Å². The van der Waals surface area contributed by atoms with Crippen molar-refractivity contribution in [3.05, 3.63) is 58.9 Å². The molecule has 206 valence electrons. The van der Waals surface area contributed by atoms with Gasteiger partial charge in [0.1, 0.15) is 29.8 Å². The van der Waals surface area contributed by atoms with Gasteiger partial charge in [-0.1, -0.05) is 24.3 Å². The molecule has 4 atom stereocenters. The second-order valence-electron chi connectivity index (χ2n) is 11.2. The van der Waals surface area contributed by atoms with Gasteiger partial charge < -0.3 is 14.8 Å². The highest BCUT2D eigenvalue weighted by molar-refractivity contribution is 5.87. The molecular formula is C30H34FN3O5. The number of amides is 2. The van der Waals surface area contributed by atoms with Gasteiger partial charge in [0.15, 0.2) is 0 Å². The lowest BCUT2D eigenvalue weighted by atomic mass is 9.96. The van der Waals surface area contributed by atoms with E-state index in [0.717, 1.165) is 31.1 Å². The quantitative estimate of drug-likeness (QED) is 0.487. The molecule has 1 saturated carbocycles. The molecule has 3 unspecified atom stereocenters. The Morgan fingerprint density at radius 3 is 2.54 bits per heavy atom. The molecule has 8 nitrogen and oxygen atoms in total. The summed E-state index contributed by atoms with van der Waals surface area (Å²) in [6.07, 6.45) is 2.57. The minimum atomic E-state index is -0.974. The average molecular weight is 536 g/mol. The zero-order valence-electron chi connectivity index (χ0n) is 22.7. The summed E-state index contributed by atoms with van der Waals surface area (Å²) in [4.78, 5) is 39.0. The molecule has 39 heavy (non-hydrogen) atoms. The molecule has 2 amide bonds. The molecule has 2 bridgehead atoms. The first kappa shape index (κ1) is 28.2. The van der Waals surface area contributed by atoms with Gasteiger partial charge in [0, 0.05) is 25.1 Å². The van der Waals surface area contributed by atoms with Crippen LogP contribution < -0.4 is 5.32 Å². The lowest BCUT2D eigenvalue weighted by Crippen LogP contribution is -2.55. The van der Waals surface area contributed by atoms with Crippen molar-refractivity contribution in [3.8, 4) is 17.2 Å². The van der Waals surface area contributed by atoms with E-state index >= 15 is 4.39 Å². The van der Waals surface area contributed by atoms with Gasteiger partial charge >= 0.3 is 6.09 Å². The Labute approximate surface area is 228 Å². The summed E-state index contributed by atoms with van der Waals surface area (Å²) in [6.45, 7) is 5.58. The number of methoxy groups -OCH3 is 1. The van der Waals surface area contributed by atoms with E-state index in [1.54, 1.807) is 51.1 Å². The topological polar surface area (TPSA) is 109 Å². The SMILES string of the molecule is COCc1cc(-c2ccc(CC(C#N)NC(=O)[C@@H]3C4CCC(C4)N3C(=O)OC(C)(C)C)c(F)c2)ccc1C=O. The number of nitrogens with one attached hydrogen (secondary N) is 1. The first-order chi connectivity index (χ1) is 18.5. The van der Waals surface area contributed by atoms with Gasteiger partial charge in [-0.05, 0) is 80.3 Å². The summed E-state index contributed by atoms with van der Waals surface area (Å²) in [5.41, 5.74) is 2.12. The monoisotopic (exact) mass is 535 g/mol. The predicted octanol–water partition coefficient (Wildman–Crippen LogP) is 4.79. The highest BCUT2D eigenvalue weighted by Crippen LogP contribution is 2.43. The molecular weight excluding hydrogens is 501 g/mol. The summed E-state index contributed by atoms with van der Waals surface area (Å²) in [5, 5.41) is 12.5. The first-order valence-corrected chi connectivity index (χ1v) is 13.1. The van der Waals surface area contributed by atoms with Gasteiger partial charge in [-0.3, -0.25) is 14.5 Å². The maximum Gasteiger partial charge on any atom is 0.411 e. The summed E-state index contributed by atoms with van der Waals surface area (Å²) in [6, 6.07) is 10.2. The van der Waals surface area contributed by atoms with Gasteiger partial charge in [0.05, 0.1) is 12.7 Å². The molecule has 1 heterocycles. The van der Waals surface area contributed by atoms with Crippen molar-refractivity contribution in [1.29, 1.82) is 5.26 Å². The summed E-state index contributed by atoms with van der Waals surface area (Å²) < 4.78 is 25.8. The second-order valence-corrected chi connectivity index (χ2v) is 11.2. The van der Waals surface area contributed by atoms with Crippen LogP contribution in [0.5, 0.6) is 0 Å². The van der Waals surface area contributed by atoms with E-state index < -0.39 is 35.5 Å². The number of ether oxygens (including phenoxy) is 2.